The van der Waals surface area contributed by atoms with Crippen molar-refractivity contribution in [3.05, 3.63) is 0 Å². The molecule has 1 atom stereocenters. The van der Waals surface area contributed by atoms with E-state index in [-0.39, 0.29) is 18.4 Å². The molecule has 0 aliphatic heterocycles. The number of alkyl halides is 1. The zero-order valence-electron chi connectivity index (χ0n) is 10.4. The van der Waals surface area contributed by atoms with Crippen LogP contribution in [0.3, 0.4) is 0 Å². The van der Waals surface area contributed by atoms with Gasteiger partial charge in [0.05, 0.1) is 7.11 Å². The lowest BCUT2D eigenvalue weighted by molar-refractivity contribution is -0.140. The van der Waals surface area contributed by atoms with Crippen LogP contribution in [0.15, 0.2) is 0 Å². The second-order valence-corrected chi connectivity index (χ2v) is 5.22. The maximum absolute atomic E-state index is 11.8. The van der Waals surface area contributed by atoms with E-state index in [0.717, 1.165) is 31.6 Å². The molecule has 17 heavy (non-hydrogen) atoms. The Labute approximate surface area is 107 Å². The highest BCUT2D eigenvalue weighted by Crippen LogP contribution is 2.28. The van der Waals surface area contributed by atoms with Gasteiger partial charge in [0.2, 0.25) is 5.91 Å². The summed E-state index contributed by atoms with van der Waals surface area (Å²) in [6.07, 6.45) is 4.05. The largest absolute Gasteiger partial charge is 0.468 e. The van der Waals surface area contributed by atoms with E-state index in [1.165, 1.54) is 7.11 Å². The Morgan fingerprint density at radius 3 is 2.47 bits per heavy atom. The number of esters is 1. The third-order valence-corrected chi connectivity index (χ3v) is 3.63. The van der Waals surface area contributed by atoms with Crippen LogP contribution in [0.1, 0.15) is 32.6 Å². The van der Waals surface area contributed by atoms with Gasteiger partial charge in [-0.05, 0) is 31.6 Å². The molecule has 0 aromatic carbocycles. The van der Waals surface area contributed by atoms with Crippen LogP contribution in [-0.4, -0.2) is 30.9 Å². The number of hydrogen-bond acceptors (Lipinski definition) is 3. The zero-order chi connectivity index (χ0) is 12.8. The molecule has 0 aromatic heterocycles. The van der Waals surface area contributed by atoms with E-state index in [1.807, 2.05) is 0 Å². The Balaban J connectivity index is 2.27. The molecular weight excluding hydrogens is 242 g/mol. The second kappa shape index (κ2) is 6.84. The molecule has 0 spiro atoms. The molecule has 1 aliphatic rings. The summed E-state index contributed by atoms with van der Waals surface area (Å²) in [6, 6.07) is 0. The molecule has 98 valence electrons. The fourth-order valence-corrected chi connectivity index (χ4v) is 2.23. The fourth-order valence-electron chi connectivity index (χ4n) is 2.07. The van der Waals surface area contributed by atoms with Gasteiger partial charge in [0, 0.05) is 12.5 Å². The van der Waals surface area contributed by atoms with Crippen LogP contribution in [0.2, 0.25) is 0 Å². The molecule has 0 heterocycles. The van der Waals surface area contributed by atoms with Gasteiger partial charge in [-0.1, -0.05) is 6.92 Å². The predicted octanol–water partition coefficient (Wildman–Crippen LogP) is 1.71. The van der Waals surface area contributed by atoms with Gasteiger partial charge in [-0.3, -0.25) is 9.59 Å². The number of nitrogens with one attached hydrogen (secondary N) is 1. The molecule has 5 heteroatoms. The van der Waals surface area contributed by atoms with Gasteiger partial charge in [0.25, 0.3) is 0 Å². The van der Waals surface area contributed by atoms with Crippen molar-refractivity contribution >= 4 is 23.5 Å². The molecule has 1 saturated carbocycles. The van der Waals surface area contributed by atoms with Crippen molar-refractivity contribution in [2.75, 3.05) is 13.7 Å². The summed E-state index contributed by atoms with van der Waals surface area (Å²) in [6.45, 7) is 2.35. The van der Waals surface area contributed by atoms with Gasteiger partial charge in [-0.25, -0.2) is 0 Å². The van der Waals surface area contributed by atoms with Gasteiger partial charge in [-0.2, -0.15) is 0 Å². The van der Waals surface area contributed by atoms with Crippen LogP contribution in [0, 0.1) is 11.8 Å². The van der Waals surface area contributed by atoms with Crippen LogP contribution < -0.4 is 5.32 Å². The third-order valence-electron chi connectivity index (χ3n) is 3.30. The molecule has 4 nitrogen and oxygen atoms in total. The van der Waals surface area contributed by atoms with Crippen molar-refractivity contribution in [2.24, 2.45) is 11.8 Å². The van der Waals surface area contributed by atoms with E-state index in [0.29, 0.717) is 0 Å². The predicted molar refractivity (Wildman–Crippen MR) is 65.8 cm³/mol. The molecule has 1 unspecified atom stereocenters. The molecule has 0 aromatic rings. The van der Waals surface area contributed by atoms with Crippen LogP contribution >= 0.6 is 11.6 Å². The quantitative estimate of drug-likeness (QED) is 0.619. The van der Waals surface area contributed by atoms with Gasteiger partial charge >= 0.3 is 5.97 Å². The minimum atomic E-state index is -0.800. The molecule has 1 N–H and O–H groups in total. The first-order valence-electron chi connectivity index (χ1n) is 6.04. The topological polar surface area (TPSA) is 55.4 Å². The van der Waals surface area contributed by atoms with Crippen LogP contribution in [-0.2, 0) is 14.3 Å². The molecule has 0 saturated heterocycles. The lowest BCUT2D eigenvalue weighted by Gasteiger charge is -2.25. The summed E-state index contributed by atoms with van der Waals surface area (Å²) >= 11 is 5.75. The van der Waals surface area contributed by atoms with Gasteiger partial charge in [0.1, 0.15) is 5.38 Å². The summed E-state index contributed by atoms with van der Waals surface area (Å²) in [5.74, 6) is 0.290. The first-order valence-corrected chi connectivity index (χ1v) is 6.47. The highest BCUT2D eigenvalue weighted by atomic mass is 35.5. The Morgan fingerprint density at radius 1 is 1.35 bits per heavy atom. The molecule has 1 amide bonds. The van der Waals surface area contributed by atoms with E-state index in [1.54, 1.807) is 0 Å². The summed E-state index contributed by atoms with van der Waals surface area (Å²) in [5, 5.41) is 1.91. The minimum Gasteiger partial charge on any atom is -0.468 e. The Bertz CT molecular complexity index is 275. The molecule has 1 fully saturated rings. The average molecular weight is 262 g/mol. The first-order chi connectivity index (χ1) is 8.04. The smallest absolute Gasteiger partial charge is 0.325 e. The maximum atomic E-state index is 11.8. The van der Waals surface area contributed by atoms with Crippen molar-refractivity contribution in [1.82, 2.24) is 5.32 Å². The number of halogens is 1. The number of methoxy groups -OCH3 is 1. The number of carbonyl (C=O) groups is 2. The highest BCUT2D eigenvalue weighted by Gasteiger charge is 2.25. The van der Waals surface area contributed by atoms with Gasteiger partial charge in [0.15, 0.2) is 0 Å². The lowest BCUT2D eigenvalue weighted by atomic mass is 9.82. The summed E-state index contributed by atoms with van der Waals surface area (Å²) in [7, 11) is 1.28. The second-order valence-electron chi connectivity index (χ2n) is 4.69. The Morgan fingerprint density at radius 2 is 1.94 bits per heavy atom. The molecular formula is C12H20ClNO3. The number of amides is 1. The number of hydrogen-bond donors (Lipinski definition) is 1. The van der Waals surface area contributed by atoms with E-state index < -0.39 is 11.3 Å². The van der Waals surface area contributed by atoms with Crippen molar-refractivity contribution < 1.29 is 14.3 Å². The number of carbonyl (C=O) groups excluding carboxylic acids is 2. The van der Waals surface area contributed by atoms with E-state index >= 15 is 0 Å². The highest BCUT2D eigenvalue weighted by molar-refractivity contribution is 6.30. The van der Waals surface area contributed by atoms with Gasteiger partial charge in [-0.15, -0.1) is 11.6 Å². The summed E-state index contributed by atoms with van der Waals surface area (Å²) in [4.78, 5) is 22.8. The van der Waals surface area contributed by atoms with E-state index in [9.17, 15) is 9.59 Å². The SMILES string of the molecule is COC(=O)C(Cl)CNC(=O)C1CCC(C)CC1. The molecule has 0 radical (unpaired) electrons. The number of ether oxygens (including phenoxy) is 1. The molecule has 1 rings (SSSR count). The zero-order valence-corrected chi connectivity index (χ0v) is 11.1. The fraction of sp³-hybridized carbons (Fsp3) is 0.833. The maximum Gasteiger partial charge on any atom is 0.325 e. The lowest BCUT2D eigenvalue weighted by Crippen LogP contribution is -2.38. The summed E-state index contributed by atoms with van der Waals surface area (Å²) in [5.41, 5.74) is 0. The summed E-state index contributed by atoms with van der Waals surface area (Å²) < 4.78 is 4.48. The van der Waals surface area contributed by atoms with Gasteiger partial charge < -0.3 is 10.1 Å². The Kier molecular flexibility index (Phi) is 5.75. The molecule has 1 aliphatic carbocycles. The van der Waals surface area contributed by atoms with E-state index in [2.05, 4.69) is 17.0 Å². The Hall–Kier alpha value is -0.770. The number of rotatable bonds is 4. The van der Waals surface area contributed by atoms with Crippen LogP contribution in [0.25, 0.3) is 0 Å². The minimum absolute atomic E-state index is 0.00598. The van der Waals surface area contributed by atoms with Crippen molar-refractivity contribution in [3.8, 4) is 0 Å². The average Bonchev–Trinajstić information content (AvgIpc) is 2.35. The van der Waals surface area contributed by atoms with Crippen LogP contribution in [0.4, 0.5) is 0 Å². The van der Waals surface area contributed by atoms with Crippen LogP contribution in [0.5, 0.6) is 0 Å². The monoisotopic (exact) mass is 261 g/mol. The molecule has 0 bridgehead atoms. The van der Waals surface area contributed by atoms with E-state index in [4.69, 9.17) is 11.6 Å². The van der Waals surface area contributed by atoms with Crippen molar-refractivity contribution in [1.29, 1.82) is 0 Å². The normalized spacial score (nSPS) is 26.1. The van der Waals surface area contributed by atoms with Crippen molar-refractivity contribution in [2.45, 2.75) is 38.0 Å². The van der Waals surface area contributed by atoms with Crippen molar-refractivity contribution in [3.63, 3.8) is 0 Å². The standard InChI is InChI=1S/C12H20ClNO3/c1-8-3-5-9(6-4-8)11(15)14-7-10(13)12(16)17-2/h8-10H,3-7H2,1-2H3,(H,14,15). The third kappa shape index (κ3) is 4.54. The first kappa shape index (κ1) is 14.3.